The van der Waals surface area contributed by atoms with Gasteiger partial charge in [-0.15, -0.1) is 0 Å². The molecule has 0 saturated carbocycles. The van der Waals surface area contributed by atoms with Gasteiger partial charge in [-0.25, -0.2) is 8.42 Å². The molecule has 2 aromatic carbocycles. The van der Waals surface area contributed by atoms with Gasteiger partial charge in [0.2, 0.25) is 5.91 Å². The molecule has 0 radical (unpaired) electrons. The Morgan fingerprint density at radius 3 is 2.50 bits per heavy atom. The highest BCUT2D eigenvalue weighted by atomic mass is 35.5. The van der Waals surface area contributed by atoms with Crippen LogP contribution < -0.4 is 10.1 Å². The zero-order valence-corrected chi connectivity index (χ0v) is 16.0. The van der Waals surface area contributed by atoms with E-state index >= 15 is 0 Å². The van der Waals surface area contributed by atoms with Crippen LogP contribution in [0.2, 0.25) is 5.02 Å². The first-order valence-electron chi connectivity index (χ1n) is 8.24. The van der Waals surface area contributed by atoms with Crippen LogP contribution in [0, 0.1) is 0 Å². The quantitative estimate of drug-likeness (QED) is 0.866. The topological polar surface area (TPSA) is 72.5 Å². The van der Waals surface area contributed by atoms with Crippen molar-refractivity contribution in [1.82, 2.24) is 5.32 Å². The summed E-state index contributed by atoms with van der Waals surface area (Å²) in [6.45, 7) is 1.87. The summed E-state index contributed by atoms with van der Waals surface area (Å²) in [4.78, 5) is 12.7. The van der Waals surface area contributed by atoms with Gasteiger partial charge in [0, 0.05) is 16.8 Å². The Kier molecular flexibility index (Phi) is 5.25. The number of rotatable bonds is 4. The van der Waals surface area contributed by atoms with Crippen LogP contribution in [0.15, 0.2) is 48.5 Å². The predicted molar refractivity (Wildman–Crippen MR) is 101 cm³/mol. The minimum atomic E-state index is -3.44. The van der Waals surface area contributed by atoms with Gasteiger partial charge in [-0.05, 0) is 30.7 Å². The summed E-state index contributed by atoms with van der Waals surface area (Å²) in [7, 11) is -3.44. The third kappa shape index (κ3) is 3.86. The van der Waals surface area contributed by atoms with E-state index in [1.165, 1.54) is 6.26 Å². The molecule has 5 nitrogen and oxygen atoms in total. The number of hydrogen-bond acceptors (Lipinski definition) is 4. The summed E-state index contributed by atoms with van der Waals surface area (Å²) in [5.41, 5.74) is 1.38. The SMILES string of the molecule is CC(C(=O)N[C@@H]1COc2ccccc2[C@H]1S(C)(=O)=O)c1ccc(Cl)cc1. The summed E-state index contributed by atoms with van der Waals surface area (Å²) in [5.74, 6) is -0.155. The maximum Gasteiger partial charge on any atom is 0.227 e. The van der Waals surface area contributed by atoms with Crippen LogP contribution >= 0.6 is 11.6 Å². The van der Waals surface area contributed by atoms with E-state index in [0.29, 0.717) is 16.3 Å². The van der Waals surface area contributed by atoms with Crippen LogP contribution in [0.3, 0.4) is 0 Å². The van der Waals surface area contributed by atoms with Gasteiger partial charge in [0.25, 0.3) is 0 Å². The number of halogens is 1. The fourth-order valence-electron chi connectivity index (χ4n) is 3.19. The number of amides is 1. The first-order chi connectivity index (χ1) is 12.3. The van der Waals surface area contributed by atoms with Gasteiger partial charge in [-0.3, -0.25) is 4.79 Å². The molecule has 138 valence electrons. The largest absolute Gasteiger partial charge is 0.491 e. The number of ether oxygens (including phenoxy) is 1. The van der Waals surface area contributed by atoms with Crippen LogP contribution in [-0.4, -0.2) is 33.2 Å². The molecule has 1 aliphatic heterocycles. The number of para-hydroxylation sites is 1. The fourth-order valence-corrected chi connectivity index (χ4v) is 4.71. The van der Waals surface area contributed by atoms with E-state index in [1.54, 1.807) is 55.5 Å². The van der Waals surface area contributed by atoms with E-state index in [-0.39, 0.29) is 12.5 Å². The lowest BCUT2D eigenvalue weighted by Crippen LogP contribution is -2.48. The Hall–Kier alpha value is -2.05. The minimum absolute atomic E-state index is 0.105. The van der Waals surface area contributed by atoms with Gasteiger partial charge in [0.05, 0.1) is 12.0 Å². The molecular formula is C19H20ClNO4S. The molecule has 7 heteroatoms. The second kappa shape index (κ2) is 7.29. The third-order valence-corrected chi connectivity index (χ3v) is 6.32. The molecule has 0 spiro atoms. The Morgan fingerprint density at radius 1 is 1.19 bits per heavy atom. The highest BCUT2D eigenvalue weighted by Gasteiger charge is 2.39. The van der Waals surface area contributed by atoms with Gasteiger partial charge in [-0.1, -0.05) is 41.9 Å². The van der Waals surface area contributed by atoms with Crippen LogP contribution in [0.1, 0.15) is 29.2 Å². The number of benzene rings is 2. The molecule has 1 heterocycles. The smallest absolute Gasteiger partial charge is 0.227 e. The standard InChI is InChI=1S/C19H20ClNO4S/c1-12(13-7-9-14(20)10-8-13)19(22)21-16-11-25-17-6-4-3-5-15(17)18(16)26(2,23)24/h3-10,12,16,18H,11H2,1-2H3,(H,21,22)/t12?,16-,18-/m1/s1. The number of carbonyl (C=O) groups is 1. The molecule has 0 saturated heterocycles. The van der Waals surface area contributed by atoms with E-state index in [4.69, 9.17) is 16.3 Å². The summed E-state index contributed by atoms with van der Waals surface area (Å²) in [6.07, 6.45) is 1.18. The lowest BCUT2D eigenvalue weighted by atomic mass is 9.98. The van der Waals surface area contributed by atoms with Crippen LogP contribution in [0.25, 0.3) is 0 Å². The maximum atomic E-state index is 12.7. The Balaban J connectivity index is 1.84. The summed E-state index contributed by atoms with van der Waals surface area (Å²) >= 11 is 5.88. The van der Waals surface area contributed by atoms with E-state index in [1.807, 2.05) is 0 Å². The van der Waals surface area contributed by atoms with Crippen molar-refractivity contribution in [1.29, 1.82) is 0 Å². The molecule has 1 N–H and O–H groups in total. The highest BCUT2D eigenvalue weighted by molar-refractivity contribution is 7.91. The van der Waals surface area contributed by atoms with Crippen LogP contribution in [0.5, 0.6) is 5.75 Å². The van der Waals surface area contributed by atoms with Crippen molar-refractivity contribution in [2.24, 2.45) is 0 Å². The van der Waals surface area contributed by atoms with Gasteiger partial charge in [0.1, 0.15) is 17.6 Å². The van der Waals surface area contributed by atoms with Gasteiger partial charge in [0.15, 0.2) is 9.84 Å². The summed E-state index contributed by atoms with van der Waals surface area (Å²) < 4.78 is 30.5. The zero-order chi connectivity index (χ0) is 18.9. The second-order valence-electron chi connectivity index (χ2n) is 6.49. The van der Waals surface area contributed by atoms with Crippen molar-refractivity contribution in [3.05, 3.63) is 64.7 Å². The molecule has 0 aliphatic carbocycles. The maximum absolute atomic E-state index is 12.7. The van der Waals surface area contributed by atoms with Crippen molar-refractivity contribution in [3.63, 3.8) is 0 Å². The number of sulfone groups is 1. The zero-order valence-electron chi connectivity index (χ0n) is 14.5. The van der Waals surface area contributed by atoms with Crippen LogP contribution in [0.4, 0.5) is 0 Å². The highest BCUT2D eigenvalue weighted by Crippen LogP contribution is 2.37. The number of carbonyl (C=O) groups excluding carboxylic acids is 1. The van der Waals surface area contributed by atoms with E-state index in [2.05, 4.69) is 5.32 Å². The first kappa shape index (κ1) is 18.7. The molecular weight excluding hydrogens is 374 g/mol. The molecule has 1 unspecified atom stereocenters. The molecule has 1 amide bonds. The van der Waals surface area contributed by atoms with E-state index < -0.39 is 27.0 Å². The van der Waals surface area contributed by atoms with Crippen molar-refractivity contribution < 1.29 is 17.9 Å². The van der Waals surface area contributed by atoms with E-state index in [0.717, 1.165) is 5.56 Å². The minimum Gasteiger partial charge on any atom is -0.491 e. The summed E-state index contributed by atoms with van der Waals surface area (Å²) in [5, 5.41) is 2.61. The molecule has 3 rings (SSSR count). The Labute approximate surface area is 158 Å². The molecule has 0 aromatic heterocycles. The first-order valence-corrected chi connectivity index (χ1v) is 10.6. The number of hydrogen-bond donors (Lipinski definition) is 1. The van der Waals surface area contributed by atoms with Crippen LogP contribution in [-0.2, 0) is 14.6 Å². The van der Waals surface area contributed by atoms with Gasteiger partial charge in [-0.2, -0.15) is 0 Å². The average Bonchev–Trinajstić information content (AvgIpc) is 2.60. The van der Waals surface area contributed by atoms with Crippen molar-refractivity contribution in [3.8, 4) is 5.75 Å². The molecule has 2 aromatic rings. The number of fused-ring (bicyclic) bond motifs is 1. The van der Waals surface area contributed by atoms with E-state index in [9.17, 15) is 13.2 Å². The Bertz CT molecular complexity index is 911. The van der Waals surface area contributed by atoms with Crippen molar-refractivity contribution >= 4 is 27.3 Å². The third-order valence-electron chi connectivity index (χ3n) is 4.56. The predicted octanol–water partition coefficient (Wildman–Crippen LogP) is 3.11. The monoisotopic (exact) mass is 393 g/mol. The van der Waals surface area contributed by atoms with Crippen molar-refractivity contribution in [2.75, 3.05) is 12.9 Å². The van der Waals surface area contributed by atoms with Crippen molar-refractivity contribution in [2.45, 2.75) is 24.1 Å². The number of nitrogens with one attached hydrogen (secondary N) is 1. The lowest BCUT2D eigenvalue weighted by molar-refractivity contribution is -0.123. The molecule has 0 bridgehead atoms. The fraction of sp³-hybridized carbons (Fsp3) is 0.316. The summed E-state index contributed by atoms with van der Waals surface area (Å²) in [6, 6.07) is 13.4. The molecule has 3 atom stereocenters. The van der Waals surface area contributed by atoms with Gasteiger partial charge >= 0.3 is 0 Å². The van der Waals surface area contributed by atoms with Gasteiger partial charge < -0.3 is 10.1 Å². The average molecular weight is 394 g/mol. The lowest BCUT2D eigenvalue weighted by Gasteiger charge is -2.33. The molecule has 1 aliphatic rings. The Morgan fingerprint density at radius 2 is 1.85 bits per heavy atom. The molecule has 26 heavy (non-hydrogen) atoms. The normalized spacial score (nSPS) is 20.6. The second-order valence-corrected chi connectivity index (χ2v) is 9.09. The molecule has 0 fully saturated rings.